The summed E-state index contributed by atoms with van der Waals surface area (Å²) in [5, 5.41) is 0. The van der Waals surface area contributed by atoms with Crippen molar-refractivity contribution in [2.24, 2.45) is 17.4 Å². The van der Waals surface area contributed by atoms with Crippen LogP contribution < -0.4 is 16.2 Å². The third-order valence-corrected chi connectivity index (χ3v) is 3.49. The Morgan fingerprint density at radius 2 is 1.61 bits per heavy atom. The van der Waals surface area contributed by atoms with E-state index in [9.17, 15) is 13.6 Å². The maximum absolute atomic E-state index is 13.5. The SMILES string of the molecule is NC[C@H](Cc1ccc(COc2c(F)cccc2F)cc1)C(N)=O. The van der Waals surface area contributed by atoms with E-state index < -0.39 is 29.2 Å². The summed E-state index contributed by atoms with van der Waals surface area (Å²) in [5.41, 5.74) is 12.4. The van der Waals surface area contributed by atoms with Gasteiger partial charge in [0.05, 0.1) is 5.92 Å². The molecule has 0 bridgehead atoms. The van der Waals surface area contributed by atoms with Crippen LogP contribution in [0.15, 0.2) is 42.5 Å². The number of primary amides is 1. The first kappa shape index (κ1) is 16.9. The lowest BCUT2D eigenvalue weighted by Crippen LogP contribution is -2.31. The molecule has 0 radical (unpaired) electrons. The smallest absolute Gasteiger partial charge is 0.222 e. The Kier molecular flexibility index (Phi) is 5.65. The van der Waals surface area contributed by atoms with Gasteiger partial charge in [-0.15, -0.1) is 0 Å². The zero-order valence-corrected chi connectivity index (χ0v) is 12.5. The second kappa shape index (κ2) is 7.69. The predicted octanol–water partition coefficient (Wildman–Crippen LogP) is 2.15. The Balaban J connectivity index is 1.99. The zero-order valence-electron chi connectivity index (χ0n) is 12.5. The Morgan fingerprint density at radius 1 is 1.04 bits per heavy atom. The highest BCUT2D eigenvalue weighted by Crippen LogP contribution is 2.22. The number of hydrogen-bond acceptors (Lipinski definition) is 3. The van der Waals surface area contributed by atoms with Gasteiger partial charge in [0.25, 0.3) is 0 Å². The summed E-state index contributed by atoms with van der Waals surface area (Å²) in [5.74, 6) is -2.73. The van der Waals surface area contributed by atoms with Crippen LogP contribution in [0.25, 0.3) is 0 Å². The number of ether oxygens (including phenoxy) is 1. The molecular formula is C17H18F2N2O2. The number of para-hydroxylation sites is 1. The number of hydrogen-bond donors (Lipinski definition) is 2. The first-order chi connectivity index (χ1) is 11.0. The van der Waals surface area contributed by atoms with Gasteiger partial charge in [0.1, 0.15) is 6.61 Å². The minimum Gasteiger partial charge on any atom is -0.483 e. The molecular weight excluding hydrogens is 302 g/mol. The van der Waals surface area contributed by atoms with E-state index in [1.807, 2.05) is 12.1 Å². The summed E-state index contributed by atoms with van der Waals surface area (Å²) in [6, 6.07) is 10.7. The van der Waals surface area contributed by atoms with Crippen LogP contribution in [-0.2, 0) is 17.8 Å². The van der Waals surface area contributed by atoms with Gasteiger partial charge in [0.15, 0.2) is 17.4 Å². The summed E-state index contributed by atoms with van der Waals surface area (Å²) in [6.45, 7) is 0.223. The Labute approximate surface area is 133 Å². The first-order valence-corrected chi connectivity index (χ1v) is 7.15. The van der Waals surface area contributed by atoms with Crippen molar-refractivity contribution in [3.05, 3.63) is 65.2 Å². The van der Waals surface area contributed by atoms with Crippen LogP contribution in [0, 0.1) is 17.6 Å². The van der Waals surface area contributed by atoms with E-state index in [1.165, 1.54) is 6.07 Å². The lowest BCUT2D eigenvalue weighted by Gasteiger charge is -2.12. The highest BCUT2D eigenvalue weighted by Gasteiger charge is 2.14. The molecule has 2 aromatic carbocycles. The van der Waals surface area contributed by atoms with Crippen molar-refractivity contribution < 1.29 is 18.3 Å². The van der Waals surface area contributed by atoms with Gasteiger partial charge in [0.2, 0.25) is 5.91 Å². The molecule has 0 aliphatic rings. The number of carbonyl (C=O) groups excluding carboxylic acids is 1. The normalized spacial score (nSPS) is 12.0. The van der Waals surface area contributed by atoms with Crippen molar-refractivity contribution in [1.82, 2.24) is 0 Å². The van der Waals surface area contributed by atoms with Gasteiger partial charge in [-0.2, -0.15) is 0 Å². The molecule has 1 amide bonds. The summed E-state index contributed by atoms with van der Waals surface area (Å²) >= 11 is 0. The largest absolute Gasteiger partial charge is 0.483 e. The van der Waals surface area contributed by atoms with Crippen LogP contribution in [0.3, 0.4) is 0 Å². The van der Waals surface area contributed by atoms with Crippen LogP contribution in [0.2, 0.25) is 0 Å². The lowest BCUT2D eigenvalue weighted by molar-refractivity contribution is -0.121. The van der Waals surface area contributed by atoms with Crippen LogP contribution in [0.4, 0.5) is 8.78 Å². The molecule has 0 spiro atoms. The van der Waals surface area contributed by atoms with Crippen molar-refractivity contribution in [2.45, 2.75) is 13.0 Å². The second-order valence-electron chi connectivity index (χ2n) is 5.20. The molecule has 0 unspecified atom stereocenters. The fourth-order valence-corrected chi connectivity index (χ4v) is 2.13. The van der Waals surface area contributed by atoms with Gasteiger partial charge < -0.3 is 16.2 Å². The van der Waals surface area contributed by atoms with E-state index in [4.69, 9.17) is 16.2 Å². The molecule has 0 heterocycles. The molecule has 6 heteroatoms. The van der Waals surface area contributed by atoms with Crippen molar-refractivity contribution in [2.75, 3.05) is 6.54 Å². The minimum atomic E-state index is -0.742. The average Bonchev–Trinajstić information content (AvgIpc) is 2.53. The molecule has 23 heavy (non-hydrogen) atoms. The fourth-order valence-electron chi connectivity index (χ4n) is 2.13. The van der Waals surface area contributed by atoms with Crippen LogP contribution in [0.5, 0.6) is 5.75 Å². The maximum atomic E-state index is 13.5. The Morgan fingerprint density at radius 3 is 2.13 bits per heavy atom. The standard InChI is InChI=1S/C17H18F2N2O2/c18-14-2-1-3-15(19)16(14)23-10-12-6-4-11(5-7-12)8-13(9-20)17(21)22/h1-7,13H,8-10,20H2,(H2,21,22)/t13-/m0/s1. The summed E-state index contributed by atoms with van der Waals surface area (Å²) in [4.78, 5) is 11.2. The first-order valence-electron chi connectivity index (χ1n) is 7.15. The van der Waals surface area contributed by atoms with E-state index >= 15 is 0 Å². The quantitative estimate of drug-likeness (QED) is 0.820. The summed E-state index contributed by atoms with van der Waals surface area (Å²) in [7, 11) is 0. The molecule has 122 valence electrons. The predicted molar refractivity (Wildman–Crippen MR) is 82.6 cm³/mol. The molecule has 4 nitrogen and oxygen atoms in total. The molecule has 0 aliphatic heterocycles. The van der Waals surface area contributed by atoms with Crippen molar-refractivity contribution in [3.63, 3.8) is 0 Å². The van der Waals surface area contributed by atoms with E-state index in [0.717, 1.165) is 23.3 Å². The van der Waals surface area contributed by atoms with Crippen molar-refractivity contribution in [3.8, 4) is 5.75 Å². The van der Waals surface area contributed by atoms with Crippen LogP contribution in [-0.4, -0.2) is 12.5 Å². The molecule has 0 saturated carbocycles. The van der Waals surface area contributed by atoms with Crippen LogP contribution in [0.1, 0.15) is 11.1 Å². The molecule has 1 atom stereocenters. The highest BCUT2D eigenvalue weighted by molar-refractivity contribution is 5.77. The summed E-state index contributed by atoms with van der Waals surface area (Å²) < 4.78 is 32.1. The Bertz CT molecular complexity index is 655. The van der Waals surface area contributed by atoms with Gasteiger partial charge in [-0.3, -0.25) is 4.79 Å². The number of halogens is 2. The minimum absolute atomic E-state index is 0.0360. The second-order valence-corrected chi connectivity index (χ2v) is 5.20. The molecule has 2 aromatic rings. The highest BCUT2D eigenvalue weighted by atomic mass is 19.1. The van der Waals surface area contributed by atoms with Crippen molar-refractivity contribution >= 4 is 5.91 Å². The van der Waals surface area contributed by atoms with Gasteiger partial charge in [-0.25, -0.2) is 8.78 Å². The third-order valence-electron chi connectivity index (χ3n) is 3.49. The van der Waals surface area contributed by atoms with Gasteiger partial charge >= 0.3 is 0 Å². The van der Waals surface area contributed by atoms with Gasteiger partial charge in [-0.05, 0) is 29.7 Å². The lowest BCUT2D eigenvalue weighted by atomic mass is 9.98. The molecule has 0 aromatic heterocycles. The van der Waals surface area contributed by atoms with E-state index in [2.05, 4.69) is 0 Å². The van der Waals surface area contributed by atoms with Gasteiger partial charge in [0, 0.05) is 6.54 Å². The number of amides is 1. The van der Waals surface area contributed by atoms with E-state index in [0.29, 0.717) is 6.42 Å². The monoisotopic (exact) mass is 320 g/mol. The number of rotatable bonds is 7. The van der Waals surface area contributed by atoms with Crippen LogP contribution >= 0.6 is 0 Å². The number of nitrogens with two attached hydrogens (primary N) is 2. The van der Waals surface area contributed by atoms with Crippen molar-refractivity contribution in [1.29, 1.82) is 0 Å². The van der Waals surface area contributed by atoms with E-state index in [1.54, 1.807) is 12.1 Å². The summed E-state index contributed by atoms with van der Waals surface area (Å²) in [6.07, 6.45) is 0.453. The molecule has 4 N–H and O–H groups in total. The Hall–Kier alpha value is -2.47. The topological polar surface area (TPSA) is 78.3 Å². The molecule has 0 aliphatic carbocycles. The average molecular weight is 320 g/mol. The van der Waals surface area contributed by atoms with Gasteiger partial charge in [-0.1, -0.05) is 30.3 Å². The number of benzene rings is 2. The molecule has 0 fully saturated rings. The number of carbonyl (C=O) groups is 1. The molecule has 0 saturated heterocycles. The van der Waals surface area contributed by atoms with E-state index in [-0.39, 0.29) is 13.2 Å². The maximum Gasteiger partial charge on any atom is 0.222 e. The zero-order chi connectivity index (χ0) is 16.8. The fraction of sp³-hybridized carbons (Fsp3) is 0.235. The third kappa shape index (κ3) is 4.50. The molecule has 2 rings (SSSR count).